The first-order valence-electron chi connectivity index (χ1n) is 6.68. The van der Waals surface area contributed by atoms with Gasteiger partial charge in [0.25, 0.3) is 5.89 Å². The molecule has 0 saturated carbocycles. The fraction of sp³-hybridized carbons (Fsp3) is 0.125. The van der Waals surface area contributed by atoms with Crippen LogP contribution in [0.3, 0.4) is 0 Å². The molecule has 5 rings (SSSR count). The van der Waals surface area contributed by atoms with E-state index in [4.69, 9.17) is 4.42 Å². The number of fused-ring (bicyclic) bond motifs is 7. The van der Waals surface area contributed by atoms with Crippen LogP contribution in [-0.4, -0.2) is 9.55 Å². The second-order valence-corrected chi connectivity index (χ2v) is 5.24. The molecule has 0 N–H and O–H groups in total. The summed E-state index contributed by atoms with van der Waals surface area (Å²) in [5.74, 6) is 0.951. The molecular formula is C16H12N3O+. The highest BCUT2D eigenvalue weighted by molar-refractivity contribution is 6.00. The number of benzene rings is 1. The van der Waals surface area contributed by atoms with Gasteiger partial charge in [-0.2, -0.15) is 4.57 Å². The van der Waals surface area contributed by atoms with Crippen molar-refractivity contribution in [3.05, 3.63) is 48.2 Å². The summed E-state index contributed by atoms with van der Waals surface area (Å²) in [6, 6.07) is 12.4. The van der Waals surface area contributed by atoms with Gasteiger partial charge in [-0.25, -0.2) is 9.55 Å². The number of hydrogen-bond donors (Lipinski definition) is 0. The summed E-state index contributed by atoms with van der Waals surface area (Å²) in [6.45, 7) is 0.864. The van der Waals surface area contributed by atoms with Crippen molar-refractivity contribution in [2.75, 3.05) is 0 Å². The van der Waals surface area contributed by atoms with Gasteiger partial charge in [0.15, 0.2) is 0 Å². The molecule has 0 atom stereocenters. The van der Waals surface area contributed by atoms with Crippen molar-refractivity contribution < 1.29 is 8.98 Å². The molecule has 1 aromatic carbocycles. The molecule has 20 heavy (non-hydrogen) atoms. The van der Waals surface area contributed by atoms with Gasteiger partial charge in [-0.1, -0.05) is 18.2 Å². The van der Waals surface area contributed by atoms with Crippen LogP contribution >= 0.6 is 0 Å². The summed E-state index contributed by atoms with van der Waals surface area (Å²) in [7, 11) is 2.05. The molecule has 0 aliphatic carbocycles. The average molecular weight is 262 g/mol. The zero-order valence-electron chi connectivity index (χ0n) is 11.0. The van der Waals surface area contributed by atoms with E-state index in [0.717, 1.165) is 34.7 Å². The molecule has 0 amide bonds. The van der Waals surface area contributed by atoms with Crippen molar-refractivity contribution in [2.45, 2.75) is 6.54 Å². The molecule has 4 aromatic rings. The molecule has 3 aromatic heterocycles. The summed E-state index contributed by atoms with van der Waals surface area (Å²) in [6.07, 6.45) is 1.82. The molecule has 0 bridgehead atoms. The highest BCUT2D eigenvalue weighted by atomic mass is 16.4. The number of oxazole rings is 1. The largest absolute Gasteiger partial charge is 0.413 e. The maximum Gasteiger partial charge on any atom is 0.330 e. The number of aromatic nitrogens is 3. The zero-order chi connectivity index (χ0) is 13.3. The lowest BCUT2D eigenvalue weighted by Crippen LogP contribution is -2.32. The predicted molar refractivity (Wildman–Crippen MR) is 75.2 cm³/mol. The van der Waals surface area contributed by atoms with Crippen molar-refractivity contribution >= 4 is 22.3 Å². The van der Waals surface area contributed by atoms with E-state index in [0.29, 0.717) is 0 Å². The second-order valence-electron chi connectivity index (χ2n) is 5.24. The maximum atomic E-state index is 6.17. The minimum atomic E-state index is 0.864. The smallest absolute Gasteiger partial charge is 0.330 e. The van der Waals surface area contributed by atoms with E-state index in [1.54, 1.807) is 0 Å². The Bertz CT molecular complexity index is 994. The second kappa shape index (κ2) is 3.28. The minimum Gasteiger partial charge on any atom is -0.413 e. The van der Waals surface area contributed by atoms with E-state index in [9.17, 15) is 0 Å². The minimum absolute atomic E-state index is 0.864. The summed E-state index contributed by atoms with van der Waals surface area (Å²) in [5, 5.41) is 1.07. The van der Waals surface area contributed by atoms with Gasteiger partial charge < -0.3 is 4.42 Å². The molecule has 4 heterocycles. The van der Waals surface area contributed by atoms with Crippen molar-refractivity contribution in [3.8, 4) is 11.5 Å². The molecule has 0 saturated heterocycles. The summed E-state index contributed by atoms with van der Waals surface area (Å²) >= 11 is 0. The highest BCUT2D eigenvalue weighted by Gasteiger charge is 2.34. The van der Waals surface area contributed by atoms with E-state index in [1.807, 2.05) is 19.3 Å². The van der Waals surface area contributed by atoms with Gasteiger partial charge in [-0.15, -0.1) is 0 Å². The van der Waals surface area contributed by atoms with Gasteiger partial charge in [0.1, 0.15) is 6.54 Å². The van der Waals surface area contributed by atoms with E-state index in [2.05, 4.69) is 44.5 Å². The third-order valence-corrected chi connectivity index (χ3v) is 4.15. The summed E-state index contributed by atoms with van der Waals surface area (Å²) in [5.41, 5.74) is 5.50. The Hall–Kier alpha value is -2.62. The molecule has 96 valence electrons. The van der Waals surface area contributed by atoms with Gasteiger partial charge in [0, 0.05) is 11.8 Å². The van der Waals surface area contributed by atoms with Crippen LogP contribution in [0.1, 0.15) is 5.56 Å². The topological polar surface area (TPSA) is 34.8 Å². The number of rotatable bonds is 0. The van der Waals surface area contributed by atoms with Crippen LogP contribution in [0.2, 0.25) is 0 Å². The van der Waals surface area contributed by atoms with Crippen LogP contribution in [0.25, 0.3) is 33.7 Å². The van der Waals surface area contributed by atoms with Crippen LogP contribution in [0, 0.1) is 0 Å². The van der Waals surface area contributed by atoms with Crippen molar-refractivity contribution in [1.29, 1.82) is 0 Å². The van der Waals surface area contributed by atoms with E-state index >= 15 is 0 Å². The third kappa shape index (κ3) is 1.04. The Morgan fingerprint density at radius 1 is 1.20 bits per heavy atom. The van der Waals surface area contributed by atoms with Gasteiger partial charge in [0.2, 0.25) is 11.2 Å². The van der Waals surface area contributed by atoms with E-state index < -0.39 is 0 Å². The molecule has 1 aliphatic rings. The van der Waals surface area contributed by atoms with Crippen LogP contribution in [0.15, 0.2) is 47.0 Å². The fourth-order valence-corrected chi connectivity index (χ4v) is 3.25. The van der Waals surface area contributed by atoms with Crippen LogP contribution in [-0.2, 0) is 13.6 Å². The van der Waals surface area contributed by atoms with E-state index in [-0.39, 0.29) is 0 Å². The molecule has 0 fully saturated rings. The van der Waals surface area contributed by atoms with Crippen molar-refractivity contribution in [2.24, 2.45) is 7.05 Å². The SMILES string of the molecule is Cn1c2ncccc2c2oc3[n+](c21)Cc1ccccc1-3. The van der Waals surface area contributed by atoms with Crippen LogP contribution < -0.4 is 4.57 Å². The first-order chi connectivity index (χ1) is 9.84. The highest BCUT2D eigenvalue weighted by Crippen LogP contribution is 2.34. The summed E-state index contributed by atoms with van der Waals surface area (Å²) < 4.78 is 10.5. The number of aryl methyl sites for hydroxylation is 1. The molecule has 0 radical (unpaired) electrons. The Balaban J connectivity index is 1.97. The maximum absolute atomic E-state index is 6.17. The monoisotopic (exact) mass is 262 g/mol. The summed E-state index contributed by atoms with van der Waals surface area (Å²) in [4.78, 5) is 4.45. The quantitative estimate of drug-likeness (QED) is 0.402. The number of hydrogen-bond acceptors (Lipinski definition) is 2. The molecule has 0 spiro atoms. The Labute approximate surface area is 114 Å². The third-order valence-electron chi connectivity index (χ3n) is 4.15. The predicted octanol–water partition coefficient (Wildman–Crippen LogP) is 2.64. The lowest BCUT2D eigenvalue weighted by Gasteiger charge is -1.91. The van der Waals surface area contributed by atoms with Crippen molar-refractivity contribution in [3.63, 3.8) is 0 Å². The lowest BCUT2D eigenvalue weighted by atomic mass is 10.1. The normalized spacial score (nSPS) is 13.1. The number of nitrogens with zero attached hydrogens (tertiary/aromatic N) is 3. The standard InChI is InChI=1S/C16H12N3O/c1-18-14-12(7-4-8-17-14)13-15(18)19-9-10-5-2-3-6-11(10)16(19)20-13/h2-8H,9H2,1H3/q+1. The first-order valence-corrected chi connectivity index (χ1v) is 6.68. The Morgan fingerprint density at radius 2 is 2.10 bits per heavy atom. The Morgan fingerprint density at radius 3 is 3.05 bits per heavy atom. The molecule has 0 unspecified atom stereocenters. The molecular weight excluding hydrogens is 250 g/mol. The average Bonchev–Trinajstić information content (AvgIpc) is 3.09. The molecule has 1 aliphatic heterocycles. The lowest BCUT2D eigenvalue weighted by molar-refractivity contribution is -0.652. The van der Waals surface area contributed by atoms with Gasteiger partial charge in [0.05, 0.1) is 18.0 Å². The van der Waals surface area contributed by atoms with Gasteiger partial charge in [-0.05, 0) is 18.2 Å². The molecule has 4 heteroatoms. The van der Waals surface area contributed by atoms with Crippen LogP contribution in [0.5, 0.6) is 0 Å². The van der Waals surface area contributed by atoms with Gasteiger partial charge >= 0.3 is 5.65 Å². The number of pyridine rings is 1. The van der Waals surface area contributed by atoms with Crippen molar-refractivity contribution in [1.82, 2.24) is 9.55 Å². The van der Waals surface area contributed by atoms with E-state index in [1.165, 1.54) is 11.1 Å². The molecule has 4 nitrogen and oxygen atoms in total. The van der Waals surface area contributed by atoms with Crippen LogP contribution in [0.4, 0.5) is 0 Å². The first kappa shape index (κ1) is 10.2. The van der Waals surface area contributed by atoms with Gasteiger partial charge in [-0.3, -0.25) is 0 Å². The fourth-order valence-electron chi connectivity index (χ4n) is 3.25. The zero-order valence-corrected chi connectivity index (χ0v) is 11.0. The Kier molecular flexibility index (Phi) is 1.67.